The van der Waals surface area contributed by atoms with Crippen molar-refractivity contribution in [3.05, 3.63) is 48.7 Å². The van der Waals surface area contributed by atoms with E-state index in [1.807, 2.05) is 42.5 Å². The SMILES string of the molecule is O=C(NC1CC(Oc2ccc3ncc(-c4cc5ccccc5o4)n3n2)C1)C1CC1. The first-order valence-corrected chi connectivity index (χ1v) is 10.0. The Labute approximate surface area is 166 Å². The van der Waals surface area contributed by atoms with Crippen molar-refractivity contribution in [1.82, 2.24) is 19.9 Å². The molecule has 146 valence electrons. The molecule has 0 bridgehead atoms. The lowest BCUT2D eigenvalue weighted by molar-refractivity contribution is -0.124. The molecule has 0 atom stereocenters. The first kappa shape index (κ1) is 16.6. The number of aromatic nitrogens is 3. The molecule has 1 aromatic carbocycles. The molecule has 0 spiro atoms. The zero-order valence-electron chi connectivity index (χ0n) is 15.7. The Balaban J connectivity index is 1.20. The number of fused-ring (bicyclic) bond motifs is 2. The van der Waals surface area contributed by atoms with E-state index in [0.717, 1.165) is 53.8 Å². The van der Waals surface area contributed by atoms with Crippen molar-refractivity contribution < 1.29 is 13.9 Å². The van der Waals surface area contributed by atoms with E-state index in [2.05, 4.69) is 15.4 Å². The number of amides is 1. The lowest BCUT2D eigenvalue weighted by Gasteiger charge is -2.35. The Morgan fingerprint density at radius 2 is 2.03 bits per heavy atom. The number of ether oxygens (including phenoxy) is 1. The third-order valence-electron chi connectivity index (χ3n) is 5.69. The number of carbonyl (C=O) groups excluding carboxylic acids is 1. The van der Waals surface area contributed by atoms with Crippen LogP contribution in [0.15, 0.2) is 53.1 Å². The standard InChI is InChI=1S/C22H20N4O3/c27-22(13-5-6-13)24-15-10-16(11-15)28-21-8-7-20-23-12-17(26(20)25-21)19-9-14-3-1-2-4-18(14)29-19/h1-4,7-9,12-13,15-16H,5-6,10-11H2,(H,24,27). The van der Waals surface area contributed by atoms with E-state index in [0.29, 0.717) is 5.88 Å². The van der Waals surface area contributed by atoms with Gasteiger partial charge in [-0.1, -0.05) is 18.2 Å². The van der Waals surface area contributed by atoms with Gasteiger partial charge in [0.05, 0.1) is 6.20 Å². The minimum Gasteiger partial charge on any atom is -0.473 e. The van der Waals surface area contributed by atoms with E-state index < -0.39 is 0 Å². The van der Waals surface area contributed by atoms with E-state index >= 15 is 0 Å². The highest BCUT2D eigenvalue weighted by atomic mass is 16.5. The highest BCUT2D eigenvalue weighted by Gasteiger charge is 2.36. The number of carbonyl (C=O) groups is 1. The molecule has 2 fully saturated rings. The molecule has 2 aliphatic rings. The third kappa shape index (κ3) is 3.03. The minimum atomic E-state index is 0.0719. The minimum absolute atomic E-state index is 0.0719. The van der Waals surface area contributed by atoms with Crippen LogP contribution in [0, 0.1) is 5.92 Å². The fourth-order valence-electron chi connectivity index (χ4n) is 3.81. The van der Waals surface area contributed by atoms with Crippen LogP contribution in [0.3, 0.4) is 0 Å². The van der Waals surface area contributed by atoms with E-state index in [1.165, 1.54) is 0 Å². The second-order valence-electron chi connectivity index (χ2n) is 7.92. The second-order valence-corrected chi connectivity index (χ2v) is 7.92. The van der Waals surface area contributed by atoms with Gasteiger partial charge in [0.25, 0.3) is 0 Å². The van der Waals surface area contributed by atoms with Gasteiger partial charge < -0.3 is 14.5 Å². The molecule has 0 unspecified atom stereocenters. The molecule has 3 heterocycles. The van der Waals surface area contributed by atoms with Crippen molar-refractivity contribution in [2.75, 3.05) is 0 Å². The molecule has 2 aliphatic carbocycles. The highest BCUT2D eigenvalue weighted by Crippen LogP contribution is 2.32. The van der Waals surface area contributed by atoms with E-state index in [9.17, 15) is 4.79 Å². The molecule has 4 aromatic rings. The van der Waals surface area contributed by atoms with Gasteiger partial charge in [0.15, 0.2) is 11.4 Å². The Bertz CT molecular complexity index is 1180. The maximum atomic E-state index is 11.8. The molecule has 0 saturated heterocycles. The van der Waals surface area contributed by atoms with Crippen LogP contribution in [0.2, 0.25) is 0 Å². The molecule has 2 saturated carbocycles. The maximum Gasteiger partial charge on any atom is 0.232 e. The van der Waals surface area contributed by atoms with Gasteiger partial charge in [-0.25, -0.2) is 9.50 Å². The summed E-state index contributed by atoms with van der Waals surface area (Å²) in [6, 6.07) is 13.8. The summed E-state index contributed by atoms with van der Waals surface area (Å²) in [7, 11) is 0. The van der Waals surface area contributed by atoms with Crippen LogP contribution in [0.5, 0.6) is 5.88 Å². The maximum absolute atomic E-state index is 11.8. The quantitative estimate of drug-likeness (QED) is 0.565. The van der Waals surface area contributed by atoms with Crippen LogP contribution < -0.4 is 10.1 Å². The van der Waals surface area contributed by atoms with Gasteiger partial charge >= 0.3 is 0 Å². The predicted molar refractivity (Wildman–Crippen MR) is 106 cm³/mol. The number of benzene rings is 1. The van der Waals surface area contributed by atoms with E-state index in [-0.39, 0.29) is 24.0 Å². The van der Waals surface area contributed by atoms with Crippen molar-refractivity contribution in [3.63, 3.8) is 0 Å². The zero-order valence-corrected chi connectivity index (χ0v) is 15.7. The first-order valence-electron chi connectivity index (χ1n) is 10.0. The third-order valence-corrected chi connectivity index (χ3v) is 5.69. The molecule has 1 amide bonds. The number of furan rings is 1. The second kappa shape index (κ2) is 6.34. The summed E-state index contributed by atoms with van der Waals surface area (Å²) in [5.41, 5.74) is 2.35. The van der Waals surface area contributed by atoms with Gasteiger partial charge in [0.1, 0.15) is 17.4 Å². The number of hydrogen-bond donors (Lipinski definition) is 1. The smallest absolute Gasteiger partial charge is 0.232 e. The average Bonchev–Trinajstić information content (AvgIpc) is 3.33. The van der Waals surface area contributed by atoms with E-state index in [1.54, 1.807) is 10.7 Å². The Morgan fingerprint density at radius 1 is 1.17 bits per heavy atom. The number of nitrogens with zero attached hydrogens (tertiary/aromatic N) is 3. The summed E-state index contributed by atoms with van der Waals surface area (Å²) < 4.78 is 13.7. The lowest BCUT2D eigenvalue weighted by atomic mass is 9.89. The zero-order chi connectivity index (χ0) is 19.4. The first-order chi connectivity index (χ1) is 14.2. The molecule has 0 radical (unpaired) electrons. The molecule has 29 heavy (non-hydrogen) atoms. The molecular formula is C22H20N4O3. The Morgan fingerprint density at radius 3 is 2.86 bits per heavy atom. The highest BCUT2D eigenvalue weighted by molar-refractivity contribution is 5.82. The molecule has 6 rings (SSSR count). The number of para-hydroxylation sites is 1. The Hall–Kier alpha value is -3.35. The van der Waals surface area contributed by atoms with Gasteiger partial charge in [-0.05, 0) is 31.0 Å². The van der Waals surface area contributed by atoms with Crippen molar-refractivity contribution >= 4 is 22.5 Å². The molecule has 1 N–H and O–H groups in total. The topological polar surface area (TPSA) is 81.7 Å². The number of hydrogen-bond acceptors (Lipinski definition) is 5. The lowest BCUT2D eigenvalue weighted by Crippen LogP contribution is -2.49. The summed E-state index contributed by atoms with van der Waals surface area (Å²) >= 11 is 0. The fourth-order valence-corrected chi connectivity index (χ4v) is 3.81. The van der Waals surface area contributed by atoms with Crippen LogP contribution >= 0.6 is 0 Å². The summed E-state index contributed by atoms with van der Waals surface area (Å²) in [5, 5.41) is 8.75. The van der Waals surface area contributed by atoms with Crippen molar-refractivity contribution in [1.29, 1.82) is 0 Å². The summed E-state index contributed by atoms with van der Waals surface area (Å²) in [4.78, 5) is 16.3. The van der Waals surface area contributed by atoms with E-state index in [4.69, 9.17) is 9.15 Å². The van der Waals surface area contributed by atoms with Gasteiger partial charge in [0, 0.05) is 36.3 Å². The van der Waals surface area contributed by atoms with Gasteiger partial charge in [-0.2, -0.15) is 0 Å². The average molecular weight is 388 g/mol. The monoisotopic (exact) mass is 388 g/mol. The molecule has 7 nitrogen and oxygen atoms in total. The van der Waals surface area contributed by atoms with Crippen LogP contribution in [0.25, 0.3) is 28.1 Å². The largest absolute Gasteiger partial charge is 0.473 e. The van der Waals surface area contributed by atoms with Gasteiger partial charge in [-0.15, -0.1) is 5.10 Å². The van der Waals surface area contributed by atoms with Crippen LogP contribution in [-0.2, 0) is 4.79 Å². The van der Waals surface area contributed by atoms with Crippen molar-refractivity contribution in [3.8, 4) is 17.3 Å². The van der Waals surface area contributed by atoms with Crippen LogP contribution in [0.4, 0.5) is 0 Å². The fraction of sp³-hybridized carbons (Fsp3) is 0.318. The van der Waals surface area contributed by atoms with Crippen LogP contribution in [0.1, 0.15) is 25.7 Å². The number of nitrogens with one attached hydrogen (secondary N) is 1. The summed E-state index contributed by atoms with van der Waals surface area (Å²) in [6.45, 7) is 0. The number of imidazole rings is 1. The van der Waals surface area contributed by atoms with Gasteiger partial charge in [-0.3, -0.25) is 4.79 Å². The molecule has 0 aliphatic heterocycles. The molecule has 7 heteroatoms. The van der Waals surface area contributed by atoms with Crippen molar-refractivity contribution in [2.45, 2.75) is 37.8 Å². The van der Waals surface area contributed by atoms with Crippen LogP contribution in [-0.4, -0.2) is 32.7 Å². The normalized spacial score (nSPS) is 21.2. The predicted octanol–water partition coefficient (Wildman–Crippen LogP) is 3.58. The number of rotatable bonds is 5. The van der Waals surface area contributed by atoms with Gasteiger partial charge in [0.2, 0.25) is 11.8 Å². The summed E-state index contributed by atoms with van der Waals surface area (Å²) in [5.74, 6) is 1.71. The van der Waals surface area contributed by atoms with Crippen molar-refractivity contribution in [2.24, 2.45) is 5.92 Å². The molecule has 3 aromatic heterocycles. The molecular weight excluding hydrogens is 368 g/mol. The Kier molecular flexibility index (Phi) is 3.62. The summed E-state index contributed by atoms with van der Waals surface area (Å²) in [6.07, 6.45) is 5.53.